The van der Waals surface area contributed by atoms with Gasteiger partial charge in [0, 0.05) is 24.3 Å². The van der Waals surface area contributed by atoms with Crippen LogP contribution in [0.3, 0.4) is 0 Å². The molecular formula is C14H13N5S. The standard InChI is InChI=1S/C14H13N5S/c1-9-7-8-16-14(17-9)20-12-10-5-3-4-6-11(10)18-13(15-2)19-12/h3-8H,1-2H3,(H,15,18,19). The van der Waals surface area contributed by atoms with Crippen molar-refractivity contribution in [2.45, 2.75) is 17.1 Å². The second-order valence-corrected chi connectivity index (χ2v) is 5.16. The second-order valence-electron chi connectivity index (χ2n) is 4.20. The smallest absolute Gasteiger partial charge is 0.224 e. The summed E-state index contributed by atoms with van der Waals surface area (Å²) in [4.78, 5) is 17.6. The molecule has 3 aromatic rings. The molecule has 0 atom stereocenters. The van der Waals surface area contributed by atoms with E-state index in [1.54, 1.807) is 6.20 Å². The maximum Gasteiger partial charge on any atom is 0.224 e. The van der Waals surface area contributed by atoms with Crippen LogP contribution in [0.2, 0.25) is 0 Å². The molecule has 0 saturated carbocycles. The molecule has 0 aliphatic carbocycles. The van der Waals surface area contributed by atoms with Crippen molar-refractivity contribution in [1.29, 1.82) is 0 Å². The fraction of sp³-hybridized carbons (Fsp3) is 0.143. The molecule has 2 aromatic heterocycles. The summed E-state index contributed by atoms with van der Waals surface area (Å²) in [5.74, 6) is 0.596. The number of para-hydroxylation sites is 1. The van der Waals surface area contributed by atoms with Gasteiger partial charge in [0.25, 0.3) is 0 Å². The van der Waals surface area contributed by atoms with E-state index < -0.39 is 0 Å². The zero-order valence-electron chi connectivity index (χ0n) is 11.2. The predicted octanol–water partition coefficient (Wildman–Crippen LogP) is 2.92. The number of hydrogen-bond acceptors (Lipinski definition) is 6. The highest BCUT2D eigenvalue weighted by atomic mass is 32.2. The van der Waals surface area contributed by atoms with Crippen molar-refractivity contribution in [1.82, 2.24) is 19.9 Å². The fourth-order valence-electron chi connectivity index (χ4n) is 1.80. The number of aryl methyl sites for hydroxylation is 1. The van der Waals surface area contributed by atoms with E-state index in [9.17, 15) is 0 Å². The molecule has 6 heteroatoms. The molecule has 2 heterocycles. The lowest BCUT2D eigenvalue weighted by molar-refractivity contribution is 0.928. The van der Waals surface area contributed by atoms with Crippen LogP contribution in [-0.2, 0) is 0 Å². The van der Waals surface area contributed by atoms with Crippen LogP contribution >= 0.6 is 11.8 Å². The van der Waals surface area contributed by atoms with Gasteiger partial charge < -0.3 is 5.32 Å². The Kier molecular flexibility index (Phi) is 3.47. The monoisotopic (exact) mass is 283 g/mol. The van der Waals surface area contributed by atoms with Crippen molar-refractivity contribution >= 4 is 28.6 Å². The molecule has 0 bridgehead atoms. The van der Waals surface area contributed by atoms with Gasteiger partial charge >= 0.3 is 0 Å². The van der Waals surface area contributed by atoms with Gasteiger partial charge in [0.2, 0.25) is 5.95 Å². The molecule has 0 spiro atoms. The number of anilines is 1. The van der Waals surface area contributed by atoms with Gasteiger partial charge in [0.1, 0.15) is 5.03 Å². The summed E-state index contributed by atoms with van der Waals surface area (Å²) in [7, 11) is 1.81. The molecule has 20 heavy (non-hydrogen) atoms. The number of hydrogen-bond donors (Lipinski definition) is 1. The van der Waals surface area contributed by atoms with Gasteiger partial charge in [-0.05, 0) is 30.8 Å². The molecule has 0 aliphatic rings. The fourth-order valence-corrected chi connectivity index (χ4v) is 2.69. The van der Waals surface area contributed by atoms with E-state index in [4.69, 9.17) is 0 Å². The highest BCUT2D eigenvalue weighted by molar-refractivity contribution is 7.99. The molecule has 0 radical (unpaired) electrons. The van der Waals surface area contributed by atoms with Gasteiger partial charge in [0.05, 0.1) is 5.52 Å². The minimum absolute atomic E-state index is 0.596. The summed E-state index contributed by atoms with van der Waals surface area (Å²) in [6.45, 7) is 1.95. The molecule has 100 valence electrons. The summed E-state index contributed by atoms with van der Waals surface area (Å²) < 4.78 is 0. The van der Waals surface area contributed by atoms with Gasteiger partial charge in [-0.1, -0.05) is 18.2 Å². The molecule has 0 aliphatic heterocycles. The summed E-state index contributed by atoms with van der Waals surface area (Å²) in [6, 6.07) is 9.80. The SMILES string of the molecule is CNc1nc(Sc2nccc(C)n2)c2ccccc2n1. The number of benzene rings is 1. The third-order valence-corrected chi connectivity index (χ3v) is 3.64. The van der Waals surface area contributed by atoms with Crippen LogP contribution < -0.4 is 5.32 Å². The lowest BCUT2D eigenvalue weighted by atomic mass is 10.2. The van der Waals surface area contributed by atoms with E-state index in [1.165, 1.54) is 11.8 Å². The highest BCUT2D eigenvalue weighted by Gasteiger charge is 2.10. The Balaban J connectivity index is 2.10. The minimum atomic E-state index is 0.596. The minimum Gasteiger partial charge on any atom is -0.357 e. The molecule has 1 N–H and O–H groups in total. The van der Waals surface area contributed by atoms with E-state index in [-0.39, 0.29) is 0 Å². The maximum absolute atomic E-state index is 4.51. The van der Waals surface area contributed by atoms with Crippen LogP contribution in [-0.4, -0.2) is 27.0 Å². The predicted molar refractivity (Wildman–Crippen MR) is 80.0 cm³/mol. The van der Waals surface area contributed by atoms with Crippen LogP contribution in [0, 0.1) is 6.92 Å². The first kappa shape index (κ1) is 12.8. The average molecular weight is 283 g/mol. The molecule has 0 amide bonds. The van der Waals surface area contributed by atoms with Gasteiger partial charge in [-0.3, -0.25) is 0 Å². The van der Waals surface area contributed by atoms with Crippen LogP contribution in [0.15, 0.2) is 46.7 Å². The third-order valence-electron chi connectivity index (χ3n) is 2.75. The zero-order valence-corrected chi connectivity index (χ0v) is 12.0. The molecule has 0 unspecified atom stereocenters. The summed E-state index contributed by atoms with van der Waals surface area (Å²) >= 11 is 1.45. The van der Waals surface area contributed by atoms with Crippen molar-refractivity contribution in [3.05, 3.63) is 42.2 Å². The molecule has 5 nitrogen and oxygen atoms in total. The molecule has 0 fully saturated rings. The Bertz CT molecular complexity index is 759. The van der Waals surface area contributed by atoms with Crippen LogP contribution in [0.5, 0.6) is 0 Å². The van der Waals surface area contributed by atoms with Crippen molar-refractivity contribution in [3.63, 3.8) is 0 Å². The Hall–Kier alpha value is -2.21. The van der Waals surface area contributed by atoms with Gasteiger partial charge in [-0.15, -0.1) is 0 Å². The van der Waals surface area contributed by atoms with Crippen LogP contribution in [0.4, 0.5) is 5.95 Å². The largest absolute Gasteiger partial charge is 0.357 e. The van der Waals surface area contributed by atoms with Crippen molar-refractivity contribution < 1.29 is 0 Å². The van der Waals surface area contributed by atoms with Crippen molar-refractivity contribution in [2.75, 3.05) is 12.4 Å². The van der Waals surface area contributed by atoms with Crippen molar-refractivity contribution in [2.24, 2.45) is 0 Å². The van der Waals surface area contributed by atoms with E-state index >= 15 is 0 Å². The molecule has 0 saturated heterocycles. The molecule has 1 aromatic carbocycles. The first-order valence-corrected chi connectivity index (χ1v) is 7.00. The Morgan fingerprint density at radius 1 is 1.05 bits per heavy atom. The van der Waals surface area contributed by atoms with E-state index in [0.717, 1.165) is 21.6 Å². The average Bonchev–Trinajstić information content (AvgIpc) is 2.47. The first-order valence-electron chi connectivity index (χ1n) is 6.18. The summed E-state index contributed by atoms with van der Waals surface area (Å²) in [5.41, 5.74) is 1.84. The Labute approximate surface area is 120 Å². The summed E-state index contributed by atoms with van der Waals surface area (Å²) in [5, 5.41) is 5.52. The quantitative estimate of drug-likeness (QED) is 0.589. The number of aromatic nitrogens is 4. The van der Waals surface area contributed by atoms with Crippen LogP contribution in [0.1, 0.15) is 5.69 Å². The molecular weight excluding hydrogens is 270 g/mol. The Morgan fingerprint density at radius 2 is 1.90 bits per heavy atom. The van der Waals surface area contributed by atoms with Gasteiger partial charge in [0.15, 0.2) is 5.16 Å². The van der Waals surface area contributed by atoms with Gasteiger partial charge in [-0.25, -0.2) is 19.9 Å². The van der Waals surface area contributed by atoms with E-state index in [0.29, 0.717) is 11.1 Å². The van der Waals surface area contributed by atoms with Crippen molar-refractivity contribution in [3.8, 4) is 0 Å². The number of fused-ring (bicyclic) bond motifs is 1. The van der Waals surface area contributed by atoms with Crippen LogP contribution in [0.25, 0.3) is 10.9 Å². The Morgan fingerprint density at radius 3 is 2.70 bits per heavy atom. The van der Waals surface area contributed by atoms with E-state index in [2.05, 4.69) is 25.3 Å². The maximum atomic E-state index is 4.51. The number of nitrogens with one attached hydrogen (secondary N) is 1. The second kappa shape index (κ2) is 5.42. The normalized spacial score (nSPS) is 10.7. The van der Waals surface area contributed by atoms with Gasteiger partial charge in [-0.2, -0.15) is 0 Å². The topological polar surface area (TPSA) is 63.6 Å². The lowest BCUT2D eigenvalue weighted by Crippen LogP contribution is -1.99. The first-order chi connectivity index (χ1) is 9.76. The van der Waals surface area contributed by atoms with E-state index in [1.807, 2.05) is 44.3 Å². The zero-order chi connectivity index (χ0) is 13.9. The lowest BCUT2D eigenvalue weighted by Gasteiger charge is -2.07. The summed E-state index contributed by atoms with van der Waals surface area (Å²) in [6.07, 6.45) is 1.76. The highest BCUT2D eigenvalue weighted by Crippen LogP contribution is 2.30. The number of nitrogens with zero attached hydrogens (tertiary/aromatic N) is 4. The third kappa shape index (κ3) is 2.55. The molecule has 3 rings (SSSR count). The number of rotatable bonds is 3.